The Bertz CT molecular complexity index is 4390. The SMILES string of the molecule is O=C1OC[C@H]2OC(=O)c3cc(O)c(O)c(O)c3-c3c(O)c(O)c(O)c4c3C(=O)O[C@H]([C@H]3OC(=O)c5c-4c(O)c(O)c(O)c5[C@@H]3c3c(O)cc4c(c3O)C[C@@H](O)[C@@H](c3cc(O)c(O)c(O)c3)O4)[C@@H]2OC(=O)c2cc(O)c(O)c(O)c2-c2c1cc(O)c(O)c2O. The first-order chi connectivity index (χ1) is 41.5. The number of phenols is 20. The van der Waals surface area contributed by atoms with E-state index in [9.17, 15) is 112 Å². The van der Waals surface area contributed by atoms with Crippen LogP contribution in [0.15, 0.2) is 36.4 Å². The van der Waals surface area contributed by atoms with E-state index in [4.69, 9.17) is 28.4 Å². The van der Waals surface area contributed by atoms with Crippen LogP contribution in [0.2, 0.25) is 0 Å². The fourth-order valence-corrected chi connectivity index (χ4v) is 11.6. The molecule has 13 rings (SSSR count). The van der Waals surface area contributed by atoms with Crippen LogP contribution in [0.5, 0.6) is 121 Å². The van der Waals surface area contributed by atoms with Crippen LogP contribution in [0.25, 0.3) is 33.4 Å². The minimum atomic E-state index is -3.04. The predicted octanol–water partition coefficient (Wildman–Crippen LogP) is 2.98. The minimum Gasteiger partial charge on any atom is -0.507 e. The van der Waals surface area contributed by atoms with Crippen molar-refractivity contribution < 1.29 is 160 Å². The molecule has 6 aliphatic heterocycles. The van der Waals surface area contributed by atoms with E-state index in [1.165, 1.54) is 0 Å². The number of aliphatic hydroxyl groups excluding tert-OH is 1. The van der Waals surface area contributed by atoms with Crippen molar-refractivity contribution >= 4 is 29.8 Å². The highest BCUT2D eigenvalue weighted by atomic mass is 16.6. The number of carbonyl (C=O) groups is 5. The van der Waals surface area contributed by atoms with E-state index >= 15 is 19.2 Å². The number of aromatic hydroxyl groups is 20. The molecule has 0 aromatic heterocycles. The van der Waals surface area contributed by atoms with E-state index in [-0.39, 0.29) is 17.7 Å². The van der Waals surface area contributed by atoms with E-state index in [1.807, 2.05) is 0 Å². The Labute approximate surface area is 484 Å². The third kappa shape index (κ3) is 7.70. The lowest BCUT2D eigenvalue weighted by Gasteiger charge is -2.43. The van der Waals surface area contributed by atoms with Gasteiger partial charge in [0.1, 0.15) is 23.9 Å². The molecule has 0 spiro atoms. The molecule has 0 unspecified atom stereocenters. The number of carbonyl (C=O) groups excluding carboxylic acids is 5. The highest BCUT2D eigenvalue weighted by Gasteiger charge is 2.57. The molecule has 88 heavy (non-hydrogen) atoms. The quantitative estimate of drug-likeness (QED) is 0.0672. The molecule has 6 bridgehead atoms. The number of phenolic OH excluding ortho intramolecular Hbond substituents is 20. The summed E-state index contributed by atoms with van der Waals surface area (Å²) in [5.74, 6) is -42.4. The van der Waals surface area contributed by atoms with Crippen molar-refractivity contribution in [3.8, 4) is 154 Å². The fourth-order valence-electron chi connectivity index (χ4n) is 11.6. The Hall–Kier alpha value is -12.4. The van der Waals surface area contributed by atoms with Crippen molar-refractivity contribution in [3.63, 3.8) is 0 Å². The number of benzene rings is 7. The zero-order valence-corrected chi connectivity index (χ0v) is 43.3. The number of cyclic esters (lactones) is 1. The zero-order chi connectivity index (χ0) is 63.6. The highest BCUT2D eigenvalue weighted by molar-refractivity contribution is 6.17. The number of esters is 5. The standard InChI is InChI=1S/C56H38O32/c57-14-7-21-10(3-20(63)48(84-21)9-1-15(58)35(65)16(59)2-9)34(64)26(14)31-30-33-29(44(74)47(77)45(30)75)28-32-27(42(72)46(76)43(28)73)25-13(6-19(62)38(68)41(25)71)53(79)85-22-8-83-52(78)11-4-17(60)36(66)39(69)23(11)24-12(5-18(61)37(67)40(24)70)54(80)86-49(22)51(88-56(32)82)50(31)87-55(33)81/h1-2,4-7,20,22,31,48-51,57-77H,3,8H2/t20-,22-,31+,48-,49-,50+,51+/m1/s1. The van der Waals surface area contributed by atoms with Gasteiger partial charge in [-0.2, -0.15) is 0 Å². The molecule has 7 aromatic carbocycles. The maximum absolute atomic E-state index is 15.8. The van der Waals surface area contributed by atoms with Crippen LogP contribution in [0.3, 0.4) is 0 Å². The maximum atomic E-state index is 15.8. The summed E-state index contributed by atoms with van der Waals surface area (Å²) in [4.78, 5) is 75.8. The average molecular weight is 1220 g/mol. The molecule has 7 atom stereocenters. The van der Waals surface area contributed by atoms with Crippen LogP contribution >= 0.6 is 0 Å². The number of ether oxygens (including phenoxy) is 6. The fraction of sp³-hybridized carbons (Fsp3) is 0.161. The Morgan fingerprint density at radius 3 is 1.30 bits per heavy atom. The molecule has 0 saturated heterocycles. The lowest BCUT2D eigenvalue weighted by molar-refractivity contribution is -0.135. The summed E-state index contributed by atoms with van der Waals surface area (Å²) in [5, 5.41) is 238. The summed E-state index contributed by atoms with van der Waals surface area (Å²) in [6, 6.07) is 3.38. The summed E-state index contributed by atoms with van der Waals surface area (Å²) in [5.41, 5.74) is -17.9. The molecular weight excluding hydrogens is 1180 g/mol. The van der Waals surface area contributed by atoms with Gasteiger partial charge in [-0.05, 0) is 30.3 Å². The normalized spacial score (nSPS) is 20.8. The number of aliphatic hydroxyl groups is 1. The Balaban J connectivity index is 1.21. The smallest absolute Gasteiger partial charge is 0.340 e. The van der Waals surface area contributed by atoms with Gasteiger partial charge in [0.25, 0.3) is 0 Å². The zero-order valence-electron chi connectivity index (χ0n) is 43.3. The van der Waals surface area contributed by atoms with Gasteiger partial charge in [-0.15, -0.1) is 0 Å². The van der Waals surface area contributed by atoms with Gasteiger partial charge in [-0.25, -0.2) is 24.0 Å². The molecule has 7 aromatic rings. The number of rotatable bonds is 2. The largest absolute Gasteiger partial charge is 0.507 e. The summed E-state index contributed by atoms with van der Waals surface area (Å²) in [6.07, 6.45) is -15.9. The van der Waals surface area contributed by atoms with Crippen LogP contribution < -0.4 is 4.74 Å². The Morgan fingerprint density at radius 2 is 0.750 bits per heavy atom. The van der Waals surface area contributed by atoms with Gasteiger partial charge in [-0.3, -0.25) is 0 Å². The lowest BCUT2D eigenvalue weighted by atomic mass is 9.73. The van der Waals surface area contributed by atoms with Crippen molar-refractivity contribution in [2.75, 3.05) is 6.61 Å². The van der Waals surface area contributed by atoms with Crippen molar-refractivity contribution in [1.29, 1.82) is 0 Å². The molecule has 6 aliphatic rings. The number of fused-ring (bicyclic) bond motifs is 8. The second kappa shape index (κ2) is 19.1. The van der Waals surface area contributed by atoms with Crippen molar-refractivity contribution in [2.45, 2.75) is 49.0 Å². The van der Waals surface area contributed by atoms with Crippen molar-refractivity contribution in [1.82, 2.24) is 0 Å². The van der Waals surface area contributed by atoms with Crippen LogP contribution in [0.4, 0.5) is 0 Å². The first kappa shape index (κ1) is 56.1. The monoisotopic (exact) mass is 1220 g/mol. The molecule has 0 fully saturated rings. The second-order valence-corrected chi connectivity index (χ2v) is 20.4. The highest BCUT2D eigenvalue weighted by Crippen LogP contribution is 2.64. The van der Waals surface area contributed by atoms with Gasteiger partial charge in [0.05, 0.1) is 39.8 Å². The maximum Gasteiger partial charge on any atom is 0.340 e. The molecule has 21 N–H and O–H groups in total. The third-order valence-corrected chi connectivity index (χ3v) is 15.6. The summed E-state index contributed by atoms with van der Waals surface area (Å²) < 4.78 is 35.2. The van der Waals surface area contributed by atoms with Gasteiger partial charge < -0.3 is 136 Å². The molecule has 32 nitrogen and oxygen atoms in total. The van der Waals surface area contributed by atoms with Crippen molar-refractivity contribution in [2.24, 2.45) is 0 Å². The predicted molar refractivity (Wildman–Crippen MR) is 277 cm³/mol. The summed E-state index contributed by atoms with van der Waals surface area (Å²) in [6.45, 7) is -1.65. The van der Waals surface area contributed by atoms with Gasteiger partial charge in [0, 0.05) is 68.1 Å². The van der Waals surface area contributed by atoms with Gasteiger partial charge in [-0.1, -0.05) is 0 Å². The third-order valence-electron chi connectivity index (χ3n) is 15.6. The van der Waals surface area contributed by atoms with Gasteiger partial charge in [0.15, 0.2) is 105 Å². The topological polar surface area (TPSA) is 566 Å². The molecule has 454 valence electrons. The minimum absolute atomic E-state index is 0.213. The van der Waals surface area contributed by atoms with E-state index in [0.29, 0.717) is 12.1 Å². The van der Waals surface area contributed by atoms with Crippen LogP contribution in [-0.4, -0.2) is 174 Å². The van der Waals surface area contributed by atoms with Crippen LogP contribution in [0, 0.1) is 0 Å². The molecule has 32 heteroatoms. The molecule has 0 amide bonds. The Morgan fingerprint density at radius 1 is 0.330 bits per heavy atom. The average Bonchev–Trinajstić information content (AvgIpc) is 0.866. The van der Waals surface area contributed by atoms with E-state index in [1.54, 1.807) is 0 Å². The van der Waals surface area contributed by atoms with Crippen molar-refractivity contribution in [3.05, 3.63) is 86.5 Å². The second-order valence-electron chi connectivity index (χ2n) is 20.4. The first-order valence-electron chi connectivity index (χ1n) is 25.1. The summed E-state index contributed by atoms with van der Waals surface area (Å²) in [7, 11) is 0. The molecule has 0 radical (unpaired) electrons. The van der Waals surface area contributed by atoms with E-state index < -0.39 is 284 Å². The molecule has 6 heterocycles. The number of hydrogen-bond acceptors (Lipinski definition) is 32. The van der Waals surface area contributed by atoms with Gasteiger partial charge >= 0.3 is 29.8 Å². The lowest BCUT2D eigenvalue weighted by Crippen LogP contribution is -2.56. The Kier molecular flexibility index (Phi) is 12.2. The van der Waals surface area contributed by atoms with E-state index in [0.717, 1.165) is 12.1 Å². The van der Waals surface area contributed by atoms with Crippen LogP contribution in [-0.2, 0) is 30.1 Å². The first-order valence-corrected chi connectivity index (χ1v) is 25.1. The molecular formula is C56H38O32. The van der Waals surface area contributed by atoms with E-state index in [2.05, 4.69) is 0 Å². The van der Waals surface area contributed by atoms with Crippen LogP contribution in [0.1, 0.15) is 86.1 Å². The molecule has 0 saturated carbocycles. The van der Waals surface area contributed by atoms with Gasteiger partial charge in [0.2, 0.25) is 28.7 Å². The molecule has 0 aliphatic carbocycles. The number of hydrogen-bond donors (Lipinski definition) is 21. The summed E-state index contributed by atoms with van der Waals surface area (Å²) >= 11 is 0.